The fourth-order valence-corrected chi connectivity index (χ4v) is 6.59. The molecule has 6 rings (SSSR count). The molecule has 11 heteroatoms. The van der Waals surface area contributed by atoms with Crippen molar-refractivity contribution in [2.45, 2.75) is 19.9 Å². The van der Waals surface area contributed by atoms with Crippen LogP contribution < -0.4 is 29.7 Å². The van der Waals surface area contributed by atoms with Gasteiger partial charge in [-0.1, -0.05) is 35.6 Å². The van der Waals surface area contributed by atoms with Gasteiger partial charge in [0.15, 0.2) is 4.80 Å². The molecule has 0 unspecified atom stereocenters. The van der Waals surface area contributed by atoms with E-state index in [0.29, 0.717) is 60.4 Å². The van der Waals surface area contributed by atoms with E-state index in [1.165, 1.54) is 30.1 Å². The minimum Gasteiger partial charge on any atom is -0.497 e. The third kappa shape index (κ3) is 6.00. The summed E-state index contributed by atoms with van der Waals surface area (Å²) in [7, 11) is 4.42. The standard InChI is InChI=1S/C36H31N3O7S/c1-20-17-22(35(42)45-5)11-14-26(20)28-16-13-25(46-28)19-30-34(41)39-32(27-15-12-24(43-3)18-29(27)44-4)31(21(2)37-36(39)47-30)33(40)38-23-9-7-6-8-10-23/h6-19,32H,1-5H3,(H,38,40)/b30-19+/t32-/m0/s1. The maximum atomic E-state index is 14.2. The van der Waals surface area contributed by atoms with E-state index in [-0.39, 0.29) is 11.5 Å². The number of amides is 1. The zero-order valence-electron chi connectivity index (χ0n) is 26.3. The minimum atomic E-state index is -0.846. The second kappa shape index (κ2) is 13.0. The highest BCUT2D eigenvalue weighted by atomic mass is 32.1. The van der Waals surface area contributed by atoms with Crippen molar-refractivity contribution in [2.75, 3.05) is 26.6 Å². The first-order valence-electron chi connectivity index (χ1n) is 14.6. The van der Waals surface area contributed by atoms with Gasteiger partial charge in [0, 0.05) is 29.0 Å². The SMILES string of the molecule is COC(=O)c1ccc(-c2ccc(/C=c3/sc4n(c3=O)[C@@H](c3ccc(OC)cc3OC)C(C(=O)Nc3ccccc3)=C(C)N=4)o2)c(C)c1. The predicted molar refractivity (Wildman–Crippen MR) is 179 cm³/mol. The molecule has 0 spiro atoms. The number of esters is 1. The Morgan fingerprint density at radius 1 is 0.957 bits per heavy atom. The summed E-state index contributed by atoms with van der Waals surface area (Å²) in [6.45, 7) is 3.63. The molecule has 1 aliphatic rings. The van der Waals surface area contributed by atoms with Crippen LogP contribution in [0.5, 0.6) is 11.5 Å². The van der Waals surface area contributed by atoms with Crippen molar-refractivity contribution in [3.8, 4) is 22.8 Å². The van der Waals surface area contributed by atoms with Crippen LogP contribution in [0, 0.1) is 6.92 Å². The highest BCUT2D eigenvalue weighted by Gasteiger charge is 2.34. The van der Waals surface area contributed by atoms with E-state index in [4.69, 9.17) is 23.6 Å². The zero-order valence-corrected chi connectivity index (χ0v) is 27.1. The van der Waals surface area contributed by atoms with Crippen LogP contribution in [0.1, 0.15) is 40.2 Å². The lowest BCUT2D eigenvalue weighted by atomic mass is 9.94. The number of methoxy groups -OCH3 is 3. The smallest absolute Gasteiger partial charge is 0.337 e. The van der Waals surface area contributed by atoms with Gasteiger partial charge in [-0.25, -0.2) is 9.79 Å². The summed E-state index contributed by atoms with van der Waals surface area (Å²) in [4.78, 5) is 45.2. The van der Waals surface area contributed by atoms with Crippen LogP contribution in [0.4, 0.5) is 5.69 Å². The number of nitrogens with one attached hydrogen (secondary N) is 1. The lowest BCUT2D eigenvalue weighted by molar-refractivity contribution is -0.113. The van der Waals surface area contributed by atoms with Crippen LogP contribution in [-0.2, 0) is 9.53 Å². The molecule has 3 heterocycles. The van der Waals surface area contributed by atoms with E-state index < -0.39 is 12.0 Å². The van der Waals surface area contributed by atoms with E-state index >= 15 is 0 Å². The summed E-state index contributed by atoms with van der Waals surface area (Å²) in [6, 6.07) is 22.3. The van der Waals surface area contributed by atoms with Crippen LogP contribution in [0.25, 0.3) is 17.4 Å². The number of aromatic nitrogens is 1. The quantitative estimate of drug-likeness (QED) is 0.228. The first kappa shape index (κ1) is 31.3. The number of carbonyl (C=O) groups is 2. The van der Waals surface area contributed by atoms with Crippen LogP contribution in [0.2, 0.25) is 0 Å². The largest absolute Gasteiger partial charge is 0.497 e. The highest BCUT2D eigenvalue weighted by Crippen LogP contribution is 2.37. The summed E-state index contributed by atoms with van der Waals surface area (Å²) in [5, 5.41) is 2.95. The number of thiazole rings is 1. The van der Waals surface area contributed by atoms with Gasteiger partial charge in [-0.2, -0.15) is 0 Å². The number of rotatable bonds is 8. The molecule has 0 radical (unpaired) electrons. The van der Waals surface area contributed by atoms with Crippen molar-refractivity contribution in [1.29, 1.82) is 0 Å². The number of anilines is 1. The highest BCUT2D eigenvalue weighted by molar-refractivity contribution is 7.07. The number of ether oxygens (including phenoxy) is 3. The molecule has 5 aromatic rings. The second-order valence-electron chi connectivity index (χ2n) is 10.7. The van der Waals surface area contributed by atoms with Gasteiger partial charge in [0.25, 0.3) is 11.5 Å². The molecule has 0 bridgehead atoms. The van der Waals surface area contributed by atoms with Gasteiger partial charge in [-0.15, -0.1) is 0 Å². The molecule has 0 saturated carbocycles. The second-order valence-corrected chi connectivity index (χ2v) is 11.7. The van der Waals surface area contributed by atoms with Gasteiger partial charge in [0.1, 0.15) is 29.1 Å². The van der Waals surface area contributed by atoms with E-state index in [0.717, 1.165) is 11.1 Å². The molecule has 2 aromatic heterocycles. The van der Waals surface area contributed by atoms with Crippen LogP contribution in [0.3, 0.4) is 0 Å². The van der Waals surface area contributed by atoms with Gasteiger partial charge in [-0.3, -0.25) is 14.2 Å². The van der Waals surface area contributed by atoms with Gasteiger partial charge in [-0.05, 0) is 67.9 Å². The zero-order chi connectivity index (χ0) is 33.2. The van der Waals surface area contributed by atoms with Crippen molar-refractivity contribution in [2.24, 2.45) is 4.99 Å². The molecule has 0 saturated heterocycles. The van der Waals surface area contributed by atoms with Gasteiger partial charge in [0.05, 0.1) is 42.7 Å². The lowest BCUT2D eigenvalue weighted by Gasteiger charge is -2.26. The third-order valence-electron chi connectivity index (χ3n) is 7.85. The molecule has 1 N–H and O–H groups in total. The third-order valence-corrected chi connectivity index (χ3v) is 8.83. The molecule has 1 atom stereocenters. The van der Waals surface area contributed by atoms with Crippen LogP contribution in [0.15, 0.2) is 104 Å². The summed E-state index contributed by atoms with van der Waals surface area (Å²) < 4.78 is 24.0. The number of nitrogens with zero attached hydrogens (tertiary/aromatic N) is 2. The van der Waals surface area contributed by atoms with E-state index in [2.05, 4.69) is 5.32 Å². The maximum absolute atomic E-state index is 14.2. The Balaban J connectivity index is 1.45. The Bertz CT molecular complexity index is 2230. The molecular formula is C36H31N3O7S. The molecule has 238 valence electrons. The topological polar surface area (TPSA) is 121 Å². The number of hydrogen-bond donors (Lipinski definition) is 1. The van der Waals surface area contributed by atoms with Gasteiger partial charge < -0.3 is 23.9 Å². The molecule has 0 fully saturated rings. The fraction of sp³-hybridized carbons (Fsp3) is 0.167. The molecular weight excluding hydrogens is 618 g/mol. The predicted octanol–water partition coefficient (Wildman–Crippen LogP) is 5.25. The number of fused-ring (bicyclic) bond motifs is 1. The average Bonchev–Trinajstić information content (AvgIpc) is 3.67. The number of hydrogen-bond acceptors (Lipinski definition) is 9. The van der Waals surface area contributed by atoms with Crippen LogP contribution >= 0.6 is 11.3 Å². The van der Waals surface area contributed by atoms with Crippen molar-refractivity contribution in [3.05, 3.63) is 132 Å². The van der Waals surface area contributed by atoms with Crippen molar-refractivity contribution >= 4 is 35.0 Å². The Morgan fingerprint density at radius 3 is 2.45 bits per heavy atom. The van der Waals surface area contributed by atoms with Crippen molar-refractivity contribution < 1.29 is 28.2 Å². The Labute approximate surface area is 273 Å². The summed E-state index contributed by atoms with van der Waals surface area (Å²) >= 11 is 1.20. The van der Waals surface area contributed by atoms with Crippen molar-refractivity contribution in [3.63, 3.8) is 0 Å². The summed E-state index contributed by atoms with van der Waals surface area (Å²) in [6.07, 6.45) is 1.66. The van der Waals surface area contributed by atoms with Crippen LogP contribution in [-0.4, -0.2) is 37.8 Å². The number of para-hydroxylation sites is 1. The molecule has 1 aliphatic heterocycles. The summed E-state index contributed by atoms with van der Waals surface area (Å²) in [5.74, 6) is 1.24. The normalized spacial score (nSPS) is 14.3. The lowest BCUT2D eigenvalue weighted by Crippen LogP contribution is -2.40. The molecule has 1 amide bonds. The minimum absolute atomic E-state index is 0.308. The average molecular weight is 650 g/mol. The molecule has 47 heavy (non-hydrogen) atoms. The molecule has 0 aliphatic carbocycles. The Hall–Kier alpha value is -5.68. The number of furan rings is 1. The van der Waals surface area contributed by atoms with Crippen molar-refractivity contribution in [1.82, 2.24) is 4.57 Å². The van der Waals surface area contributed by atoms with E-state index in [9.17, 15) is 14.4 Å². The van der Waals surface area contributed by atoms with Gasteiger partial charge >= 0.3 is 5.97 Å². The summed E-state index contributed by atoms with van der Waals surface area (Å²) in [5.41, 5.74) is 3.72. The number of carbonyl (C=O) groups excluding carboxylic acids is 2. The Kier molecular flexibility index (Phi) is 8.64. The van der Waals surface area contributed by atoms with Gasteiger partial charge in [0.2, 0.25) is 0 Å². The number of allylic oxidation sites excluding steroid dienone is 1. The first-order valence-corrected chi connectivity index (χ1v) is 15.4. The first-order chi connectivity index (χ1) is 22.7. The fourth-order valence-electron chi connectivity index (χ4n) is 5.56. The Morgan fingerprint density at radius 2 is 1.74 bits per heavy atom. The van der Waals surface area contributed by atoms with E-state index in [1.54, 1.807) is 74.7 Å². The number of aryl methyl sites for hydroxylation is 1. The number of benzene rings is 3. The molecule has 3 aromatic carbocycles. The monoisotopic (exact) mass is 649 g/mol. The van der Waals surface area contributed by atoms with E-state index in [1.807, 2.05) is 31.2 Å². The molecule has 10 nitrogen and oxygen atoms in total. The maximum Gasteiger partial charge on any atom is 0.337 e.